The van der Waals surface area contributed by atoms with E-state index in [4.69, 9.17) is 4.74 Å². The monoisotopic (exact) mass is 697 g/mol. The van der Waals surface area contributed by atoms with Gasteiger partial charge in [-0.25, -0.2) is 13.7 Å². The maximum Gasteiger partial charge on any atom is 0.435 e. The predicted molar refractivity (Wildman–Crippen MR) is 180 cm³/mol. The molecule has 2 unspecified atom stereocenters. The third-order valence-corrected chi connectivity index (χ3v) is 8.19. The molecule has 1 aliphatic carbocycles. The first-order chi connectivity index (χ1) is 23.1. The van der Waals surface area contributed by atoms with E-state index in [-0.39, 0.29) is 29.7 Å². The first kappa shape index (κ1) is 35.8. The Morgan fingerprint density at radius 3 is 2.35 bits per heavy atom. The van der Waals surface area contributed by atoms with Gasteiger partial charge in [-0.15, -0.1) is 0 Å². The summed E-state index contributed by atoms with van der Waals surface area (Å²) in [7, 11) is 0. The Bertz CT molecular complexity index is 1820. The lowest BCUT2D eigenvalue weighted by molar-refractivity contribution is -0.141. The molecule has 49 heavy (non-hydrogen) atoms. The van der Waals surface area contributed by atoms with Gasteiger partial charge in [-0.2, -0.15) is 18.3 Å². The Morgan fingerprint density at radius 1 is 0.980 bits per heavy atom. The van der Waals surface area contributed by atoms with Gasteiger partial charge in [0.15, 0.2) is 16.8 Å². The third kappa shape index (κ3) is 10.2. The molecule has 1 fully saturated rings. The van der Waals surface area contributed by atoms with E-state index in [0.717, 1.165) is 35.2 Å². The van der Waals surface area contributed by atoms with E-state index in [0.29, 0.717) is 28.8 Å². The molecular weight excluding hydrogens is 659 g/mol. The summed E-state index contributed by atoms with van der Waals surface area (Å²) in [6, 6.07) is 21.1. The van der Waals surface area contributed by atoms with Crippen molar-refractivity contribution in [2.75, 3.05) is 11.9 Å². The van der Waals surface area contributed by atoms with Gasteiger partial charge < -0.3 is 25.2 Å². The lowest BCUT2D eigenvalue weighted by atomic mass is 9.97. The SMILES string of the molecule is CC(C)(C)OC(=O)NCc1cccc(-n2nc(C(F)(F)F)cc2C(=O)Nc2cccc(C(NCC3CC3)c3ccc(CS(=O)O)cc3)c2)c1. The van der Waals surface area contributed by atoms with Crippen LogP contribution in [0, 0.1) is 5.92 Å². The number of benzene rings is 3. The van der Waals surface area contributed by atoms with Crippen molar-refractivity contribution in [3.8, 4) is 5.69 Å². The fourth-order valence-electron chi connectivity index (χ4n) is 5.14. The summed E-state index contributed by atoms with van der Waals surface area (Å²) >= 11 is -1.97. The Morgan fingerprint density at radius 2 is 1.69 bits per heavy atom. The van der Waals surface area contributed by atoms with Crippen molar-refractivity contribution in [3.05, 3.63) is 113 Å². The van der Waals surface area contributed by atoms with Gasteiger partial charge in [0.25, 0.3) is 5.91 Å². The molecule has 0 bridgehead atoms. The number of aromatic nitrogens is 2. The second kappa shape index (κ2) is 14.9. The molecule has 4 aromatic rings. The minimum atomic E-state index is -4.81. The quantitative estimate of drug-likeness (QED) is 0.117. The van der Waals surface area contributed by atoms with Crippen LogP contribution in [0.2, 0.25) is 0 Å². The van der Waals surface area contributed by atoms with Crippen LogP contribution >= 0.6 is 0 Å². The normalized spacial score (nSPS) is 14.6. The number of halogens is 3. The zero-order valence-electron chi connectivity index (χ0n) is 27.2. The van der Waals surface area contributed by atoms with Gasteiger partial charge in [-0.3, -0.25) is 4.79 Å². The zero-order valence-corrected chi connectivity index (χ0v) is 28.0. The lowest BCUT2D eigenvalue weighted by Crippen LogP contribution is -2.32. The molecule has 2 atom stereocenters. The van der Waals surface area contributed by atoms with Crippen molar-refractivity contribution in [1.29, 1.82) is 0 Å². The second-order valence-electron chi connectivity index (χ2n) is 12.9. The molecule has 14 heteroatoms. The first-order valence-electron chi connectivity index (χ1n) is 15.7. The molecule has 0 radical (unpaired) electrons. The molecule has 5 rings (SSSR count). The highest BCUT2D eigenvalue weighted by molar-refractivity contribution is 7.78. The van der Waals surface area contributed by atoms with Gasteiger partial charge in [-0.1, -0.05) is 48.5 Å². The van der Waals surface area contributed by atoms with Crippen molar-refractivity contribution in [2.24, 2.45) is 5.92 Å². The van der Waals surface area contributed by atoms with Crippen molar-refractivity contribution in [2.45, 2.75) is 63.7 Å². The Labute approximate surface area is 284 Å². The van der Waals surface area contributed by atoms with E-state index in [2.05, 4.69) is 21.0 Å². The molecule has 1 heterocycles. The minimum absolute atomic E-state index is 0.0157. The maximum absolute atomic E-state index is 13.8. The van der Waals surface area contributed by atoms with Gasteiger partial charge >= 0.3 is 12.3 Å². The fraction of sp³-hybridized carbons (Fsp3) is 0.343. The van der Waals surface area contributed by atoms with E-state index in [9.17, 15) is 31.5 Å². The summed E-state index contributed by atoms with van der Waals surface area (Å²) < 4.78 is 68.2. The average Bonchev–Trinajstić information content (AvgIpc) is 3.73. The number of alkyl carbamates (subject to hydrolysis) is 1. The smallest absolute Gasteiger partial charge is 0.435 e. The third-order valence-electron chi connectivity index (χ3n) is 7.61. The number of nitrogens with one attached hydrogen (secondary N) is 3. The Balaban J connectivity index is 1.39. The van der Waals surface area contributed by atoms with Crippen molar-refractivity contribution in [1.82, 2.24) is 20.4 Å². The van der Waals surface area contributed by atoms with Crippen molar-refractivity contribution in [3.63, 3.8) is 0 Å². The minimum Gasteiger partial charge on any atom is -0.444 e. The maximum atomic E-state index is 13.8. The van der Waals surface area contributed by atoms with Gasteiger partial charge in [-0.05, 0) is 92.6 Å². The number of carbonyl (C=O) groups is 2. The molecular formula is C35H38F3N5O5S. The molecule has 0 spiro atoms. The van der Waals surface area contributed by atoms with Crippen LogP contribution in [0.5, 0.6) is 0 Å². The highest BCUT2D eigenvalue weighted by Crippen LogP contribution is 2.32. The standard InChI is InChI=1S/C35H38F3N5O5S/c1-34(2,3)48-33(45)40-20-24-6-4-9-28(16-24)43-29(18-30(42-43)35(36,37)38)32(44)41-27-8-5-7-26(17-27)31(39-19-22-10-11-22)25-14-12-23(13-15-25)21-49(46)47/h4-9,12-18,22,31,39H,10-11,19-21H2,1-3H3,(H,40,45)(H,41,44)(H,46,47). The van der Waals surface area contributed by atoms with E-state index in [1.165, 1.54) is 12.1 Å². The fourth-order valence-corrected chi connectivity index (χ4v) is 5.62. The highest BCUT2D eigenvalue weighted by atomic mass is 32.2. The number of ether oxygens (including phenoxy) is 1. The van der Waals surface area contributed by atoms with E-state index < -0.39 is 40.6 Å². The second-order valence-corrected chi connectivity index (χ2v) is 13.9. The number of rotatable bonds is 12. The van der Waals surface area contributed by atoms with Gasteiger partial charge in [0.1, 0.15) is 11.3 Å². The summed E-state index contributed by atoms with van der Waals surface area (Å²) in [5.41, 5.74) is 1.26. The Kier molecular flexibility index (Phi) is 10.9. The summed E-state index contributed by atoms with van der Waals surface area (Å²) in [5.74, 6) is -0.223. The van der Waals surface area contributed by atoms with Crippen LogP contribution in [-0.2, 0) is 34.3 Å². The zero-order chi connectivity index (χ0) is 35.3. The Hall–Kier alpha value is -4.53. The summed E-state index contributed by atoms with van der Waals surface area (Å²) in [6.45, 7) is 5.98. The van der Waals surface area contributed by atoms with Gasteiger partial charge in [0.2, 0.25) is 0 Å². The molecule has 1 aromatic heterocycles. The number of carbonyl (C=O) groups excluding carboxylic acids is 2. The summed E-state index contributed by atoms with van der Waals surface area (Å²) in [5, 5.41) is 12.7. The van der Waals surface area contributed by atoms with Crippen molar-refractivity contribution < 1.29 is 36.3 Å². The number of nitrogens with zero attached hydrogens (tertiary/aromatic N) is 2. The number of alkyl halides is 3. The molecule has 0 saturated heterocycles. The lowest BCUT2D eigenvalue weighted by Gasteiger charge is -2.21. The largest absolute Gasteiger partial charge is 0.444 e. The van der Waals surface area contributed by atoms with Crippen LogP contribution in [-0.4, -0.2) is 42.7 Å². The van der Waals surface area contributed by atoms with Crippen LogP contribution in [0.1, 0.15) is 78.1 Å². The molecule has 10 nitrogen and oxygen atoms in total. The van der Waals surface area contributed by atoms with Crippen molar-refractivity contribution >= 4 is 28.8 Å². The molecule has 0 aliphatic heterocycles. The van der Waals surface area contributed by atoms with E-state index >= 15 is 0 Å². The number of hydrogen-bond donors (Lipinski definition) is 4. The van der Waals surface area contributed by atoms with Crippen LogP contribution in [0.15, 0.2) is 78.9 Å². The van der Waals surface area contributed by atoms with Gasteiger partial charge in [0, 0.05) is 18.3 Å². The number of hydrogen-bond acceptors (Lipinski definition) is 6. The van der Waals surface area contributed by atoms with Crippen LogP contribution in [0.25, 0.3) is 5.69 Å². The molecule has 2 amide bonds. The molecule has 3 aromatic carbocycles. The number of anilines is 1. The first-order valence-corrected chi connectivity index (χ1v) is 17.0. The number of amides is 2. The molecule has 1 aliphatic rings. The van der Waals surface area contributed by atoms with E-state index in [1.54, 1.807) is 63.2 Å². The molecule has 4 N–H and O–H groups in total. The van der Waals surface area contributed by atoms with E-state index in [1.807, 2.05) is 18.2 Å². The topological polar surface area (TPSA) is 135 Å². The average molecular weight is 698 g/mol. The molecule has 1 saturated carbocycles. The molecule has 260 valence electrons. The summed E-state index contributed by atoms with van der Waals surface area (Å²) in [4.78, 5) is 25.7. The highest BCUT2D eigenvalue weighted by Gasteiger charge is 2.36. The van der Waals surface area contributed by atoms with Gasteiger partial charge in [0.05, 0.1) is 17.5 Å². The van der Waals surface area contributed by atoms with Crippen LogP contribution < -0.4 is 16.0 Å². The summed E-state index contributed by atoms with van der Waals surface area (Å²) in [6.07, 6.45) is -3.19. The van der Waals surface area contributed by atoms with Crippen LogP contribution in [0.3, 0.4) is 0 Å². The van der Waals surface area contributed by atoms with Crippen LogP contribution in [0.4, 0.5) is 23.7 Å². The predicted octanol–water partition coefficient (Wildman–Crippen LogP) is 6.98.